The van der Waals surface area contributed by atoms with E-state index >= 15 is 0 Å². The average molecular weight is 447 g/mol. The Kier molecular flexibility index (Phi) is 6.45. The topological polar surface area (TPSA) is 53.1 Å². The van der Waals surface area contributed by atoms with Crippen molar-refractivity contribution in [2.75, 3.05) is 24.3 Å². The third kappa shape index (κ3) is 4.62. The molecular weight excluding hydrogens is 422 g/mol. The number of para-hydroxylation sites is 1. The summed E-state index contributed by atoms with van der Waals surface area (Å²) in [5, 5.41) is 7.52. The van der Waals surface area contributed by atoms with Crippen LogP contribution < -0.4 is 15.5 Å². The molecule has 0 bridgehead atoms. The zero-order chi connectivity index (χ0) is 22.8. The molecule has 0 unspecified atom stereocenters. The van der Waals surface area contributed by atoms with E-state index in [0.717, 1.165) is 42.4 Å². The first-order valence-electron chi connectivity index (χ1n) is 10.6. The van der Waals surface area contributed by atoms with Crippen LogP contribution in [0.15, 0.2) is 30.3 Å². The molecule has 0 atom stereocenters. The molecule has 1 aliphatic rings. The van der Waals surface area contributed by atoms with Crippen LogP contribution in [0, 0.1) is 23.3 Å². The van der Waals surface area contributed by atoms with Crippen LogP contribution >= 0.6 is 0 Å². The molecule has 4 rings (SSSR count). The lowest BCUT2D eigenvalue weighted by atomic mass is 9.91. The second kappa shape index (κ2) is 9.28. The summed E-state index contributed by atoms with van der Waals surface area (Å²) < 4.78 is 53.8. The Hall–Kier alpha value is -2.94. The Bertz CT molecular complexity index is 1110. The van der Waals surface area contributed by atoms with Gasteiger partial charge in [-0.15, -0.1) is 0 Å². The molecular formula is C23H25F4N5. The molecule has 9 heteroatoms. The highest BCUT2D eigenvalue weighted by Gasteiger charge is 2.24. The van der Waals surface area contributed by atoms with Gasteiger partial charge in [0.05, 0.1) is 5.52 Å². The number of rotatable bonds is 6. The number of halogens is 4. The van der Waals surface area contributed by atoms with Gasteiger partial charge in [-0.05, 0) is 43.9 Å². The molecule has 170 valence electrons. The molecule has 1 fully saturated rings. The Balaban J connectivity index is 1.36. The van der Waals surface area contributed by atoms with Crippen molar-refractivity contribution in [3.63, 3.8) is 0 Å². The molecule has 0 saturated heterocycles. The fourth-order valence-electron chi connectivity index (χ4n) is 4.09. The molecule has 0 spiro atoms. The van der Waals surface area contributed by atoms with Crippen LogP contribution in [0.2, 0.25) is 0 Å². The van der Waals surface area contributed by atoms with Crippen molar-refractivity contribution in [1.29, 1.82) is 0 Å². The molecule has 2 N–H and O–H groups in total. The van der Waals surface area contributed by atoms with Gasteiger partial charge < -0.3 is 15.5 Å². The summed E-state index contributed by atoms with van der Waals surface area (Å²) in [5.41, 5.74) is 0.646. The largest absolute Gasteiger partial charge is 0.362 e. The van der Waals surface area contributed by atoms with E-state index in [2.05, 4.69) is 20.6 Å². The van der Waals surface area contributed by atoms with E-state index in [-0.39, 0.29) is 24.2 Å². The van der Waals surface area contributed by atoms with Crippen LogP contribution in [0.25, 0.3) is 10.9 Å². The smallest absolute Gasteiger partial charge is 0.225 e. The van der Waals surface area contributed by atoms with Gasteiger partial charge in [-0.25, -0.2) is 22.5 Å². The van der Waals surface area contributed by atoms with Crippen molar-refractivity contribution in [2.45, 2.75) is 44.3 Å². The van der Waals surface area contributed by atoms with Gasteiger partial charge in [-0.3, -0.25) is 0 Å². The van der Waals surface area contributed by atoms with Crippen molar-refractivity contribution in [2.24, 2.45) is 0 Å². The molecule has 2 aromatic carbocycles. The minimum atomic E-state index is -1.79. The van der Waals surface area contributed by atoms with Gasteiger partial charge in [0.25, 0.3) is 0 Å². The van der Waals surface area contributed by atoms with E-state index in [9.17, 15) is 17.6 Å². The fourth-order valence-corrected chi connectivity index (χ4v) is 4.09. The molecule has 0 radical (unpaired) electrons. The predicted molar refractivity (Wildman–Crippen MR) is 117 cm³/mol. The average Bonchev–Trinajstić information content (AvgIpc) is 2.79. The zero-order valence-corrected chi connectivity index (χ0v) is 17.9. The second-order valence-electron chi connectivity index (χ2n) is 8.32. The highest BCUT2D eigenvalue weighted by molar-refractivity contribution is 5.90. The molecule has 1 saturated carbocycles. The highest BCUT2D eigenvalue weighted by atomic mass is 19.2. The van der Waals surface area contributed by atoms with Gasteiger partial charge in [0.15, 0.2) is 23.3 Å². The number of nitrogens with zero attached hydrogens (tertiary/aromatic N) is 3. The van der Waals surface area contributed by atoms with E-state index in [4.69, 9.17) is 0 Å². The van der Waals surface area contributed by atoms with Crippen molar-refractivity contribution >= 4 is 22.7 Å². The zero-order valence-electron chi connectivity index (χ0n) is 17.9. The van der Waals surface area contributed by atoms with E-state index in [1.807, 2.05) is 43.3 Å². The summed E-state index contributed by atoms with van der Waals surface area (Å²) in [6, 6.07) is 8.80. The molecule has 1 aromatic heterocycles. The first kappa shape index (κ1) is 22.3. The lowest BCUT2D eigenvalue weighted by Gasteiger charge is -2.30. The van der Waals surface area contributed by atoms with Gasteiger partial charge in [-0.2, -0.15) is 4.98 Å². The normalized spacial score (nSPS) is 18.7. The molecule has 1 aliphatic carbocycles. The minimum absolute atomic E-state index is 0.0668. The lowest BCUT2D eigenvalue weighted by molar-refractivity contribution is 0.346. The summed E-state index contributed by atoms with van der Waals surface area (Å²) >= 11 is 0. The first-order chi connectivity index (χ1) is 15.3. The number of benzene rings is 2. The van der Waals surface area contributed by atoms with Crippen LogP contribution in [-0.2, 0) is 6.54 Å². The van der Waals surface area contributed by atoms with Crippen molar-refractivity contribution in [1.82, 2.24) is 15.3 Å². The molecule has 1 heterocycles. The summed E-state index contributed by atoms with van der Waals surface area (Å²) in [4.78, 5) is 11.3. The van der Waals surface area contributed by atoms with Gasteiger partial charge in [0.2, 0.25) is 5.95 Å². The van der Waals surface area contributed by atoms with Crippen molar-refractivity contribution < 1.29 is 17.6 Å². The van der Waals surface area contributed by atoms with Crippen LogP contribution in [0.4, 0.5) is 29.3 Å². The number of hydrogen-bond donors (Lipinski definition) is 2. The minimum Gasteiger partial charge on any atom is -0.362 e. The van der Waals surface area contributed by atoms with Crippen molar-refractivity contribution in [3.8, 4) is 0 Å². The molecule has 32 heavy (non-hydrogen) atoms. The standard InChI is InChI=1S/C23H25F4N5/c1-32(2)22-16-5-3-4-6-18(16)30-23(31-22)29-15-9-7-14(8-10-15)28-12-13-11-17(24)20(26)21(27)19(13)25/h3-6,11,14-15,28H,7-10,12H2,1-2H3,(H,29,30,31)/t14-,15+. The van der Waals surface area contributed by atoms with Gasteiger partial charge in [0, 0.05) is 43.7 Å². The summed E-state index contributed by atoms with van der Waals surface area (Å²) in [5.74, 6) is -4.89. The number of aromatic nitrogens is 2. The first-order valence-corrected chi connectivity index (χ1v) is 10.6. The Morgan fingerprint density at radius 3 is 2.31 bits per heavy atom. The molecule has 0 aliphatic heterocycles. The predicted octanol–water partition coefficient (Wildman–Crippen LogP) is 4.77. The molecule has 3 aromatic rings. The Morgan fingerprint density at radius 1 is 0.906 bits per heavy atom. The fraction of sp³-hybridized carbons (Fsp3) is 0.391. The lowest BCUT2D eigenvalue weighted by Crippen LogP contribution is -2.37. The second-order valence-corrected chi connectivity index (χ2v) is 8.32. The van der Waals surface area contributed by atoms with E-state index in [1.54, 1.807) is 0 Å². The highest BCUT2D eigenvalue weighted by Crippen LogP contribution is 2.27. The van der Waals surface area contributed by atoms with Crippen LogP contribution in [0.3, 0.4) is 0 Å². The summed E-state index contributed by atoms with van der Waals surface area (Å²) in [6.45, 7) is -0.0668. The van der Waals surface area contributed by atoms with Crippen LogP contribution in [-0.4, -0.2) is 36.1 Å². The van der Waals surface area contributed by atoms with Gasteiger partial charge in [0.1, 0.15) is 5.82 Å². The van der Waals surface area contributed by atoms with E-state index < -0.39 is 23.3 Å². The third-order valence-corrected chi connectivity index (χ3v) is 5.83. The maximum Gasteiger partial charge on any atom is 0.225 e. The molecule has 0 amide bonds. The summed E-state index contributed by atoms with van der Waals surface area (Å²) in [7, 11) is 3.88. The van der Waals surface area contributed by atoms with Gasteiger partial charge in [-0.1, -0.05) is 12.1 Å². The summed E-state index contributed by atoms with van der Waals surface area (Å²) in [6.07, 6.45) is 3.25. The number of anilines is 2. The number of fused-ring (bicyclic) bond motifs is 1. The number of hydrogen-bond acceptors (Lipinski definition) is 5. The van der Waals surface area contributed by atoms with Crippen molar-refractivity contribution in [3.05, 3.63) is 59.2 Å². The van der Waals surface area contributed by atoms with Crippen LogP contribution in [0.5, 0.6) is 0 Å². The maximum atomic E-state index is 13.9. The Morgan fingerprint density at radius 2 is 1.59 bits per heavy atom. The maximum absolute atomic E-state index is 13.9. The van der Waals surface area contributed by atoms with E-state index in [0.29, 0.717) is 12.0 Å². The third-order valence-electron chi connectivity index (χ3n) is 5.83. The molecule has 5 nitrogen and oxygen atoms in total. The van der Waals surface area contributed by atoms with Gasteiger partial charge >= 0.3 is 0 Å². The number of nitrogens with one attached hydrogen (secondary N) is 2. The Labute approximate surface area is 183 Å². The monoisotopic (exact) mass is 447 g/mol. The van der Waals surface area contributed by atoms with Crippen LogP contribution in [0.1, 0.15) is 31.2 Å². The van der Waals surface area contributed by atoms with E-state index in [1.165, 1.54) is 0 Å². The quantitative estimate of drug-likeness (QED) is 0.324. The SMILES string of the molecule is CN(C)c1nc(N[C@H]2CC[C@@H](NCc3cc(F)c(F)c(F)c3F)CC2)nc2ccccc12.